The Morgan fingerprint density at radius 1 is 0.964 bits per heavy atom. The molecule has 0 aliphatic rings. The van der Waals surface area contributed by atoms with Gasteiger partial charge in [0.2, 0.25) is 0 Å². The Labute approximate surface area is 169 Å². The van der Waals surface area contributed by atoms with E-state index in [0.29, 0.717) is 29.4 Å². The minimum atomic E-state index is -0.502. The third kappa shape index (κ3) is 6.39. The Hall–Kier alpha value is -2.86. The molecule has 7 heteroatoms. The van der Waals surface area contributed by atoms with Crippen LogP contribution in [0.5, 0.6) is 0 Å². The van der Waals surface area contributed by atoms with E-state index >= 15 is 0 Å². The van der Waals surface area contributed by atoms with Crippen LogP contribution in [0.1, 0.15) is 29.8 Å². The van der Waals surface area contributed by atoms with Gasteiger partial charge in [0.15, 0.2) is 6.61 Å². The largest absolute Gasteiger partial charge is 0.455 e. The van der Waals surface area contributed by atoms with Gasteiger partial charge in [-0.25, -0.2) is 0 Å². The molecule has 0 unspecified atom stereocenters. The molecule has 0 radical (unpaired) electrons. The summed E-state index contributed by atoms with van der Waals surface area (Å²) in [6, 6.07) is 13.4. The van der Waals surface area contributed by atoms with Crippen molar-refractivity contribution in [1.82, 2.24) is 4.90 Å². The van der Waals surface area contributed by atoms with Gasteiger partial charge >= 0.3 is 5.97 Å². The standard InChI is InChI=1S/C21H23ClN2O4/c1-3-24(4-2)21(27)16-7-11-18(12-8-16)23-19(25)14-28-20(26)13-15-5-9-17(22)10-6-15/h5-12H,3-4,13-14H2,1-2H3,(H,23,25). The highest BCUT2D eigenvalue weighted by atomic mass is 35.5. The van der Waals surface area contributed by atoms with E-state index in [1.54, 1.807) is 53.4 Å². The molecule has 0 bridgehead atoms. The van der Waals surface area contributed by atoms with Crippen molar-refractivity contribution in [3.05, 3.63) is 64.7 Å². The first-order valence-corrected chi connectivity index (χ1v) is 9.40. The van der Waals surface area contributed by atoms with Crippen LogP contribution < -0.4 is 5.32 Å². The topological polar surface area (TPSA) is 75.7 Å². The molecule has 148 valence electrons. The first kappa shape index (κ1) is 21.4. The first-order valence-electron chi connectivity index (χ1n) is 9.02. The summed E-state index contributed by atoms with van der Waals surface area (Å²) in [4.78, 5) is 37.7. The van der Waals surface area contributed by atoms with Crippen LogP contribution in [0.2, 0.25) is 5.02 Å². The molecule has 0 aromatic heterocycles. The minimum absolute atomic E-state index is 0.0565. The number of anilines is 1. The lowest BCUT2D eigenvalue weighted by Gasteiger charge is -2.18. The number of rotatable bonds is 8. The lowest BCUT2D eigenvalue weighted by atomic mass is 10.1. The van der Waals surface area contributed by atoms with Crippen molar-refractivity contribution < 1.29 is 19.1 Å². The highest BCUT2D eigenvalue weighted by molar-refractivity contribution is 6.30. The van der Waals surface area contributed by atoms with Gasteiger partial charge in [0.05, 0.1) is 6.42 Å². The Kier molecular flexibility index (Phi) is 8.02. The van der Waals surface area contributed by atoms with Gasteiger partial charge in [-0.2, -0.15) is 0 Å². The van der Waals surface area contributed by atoms with Gasteiger partial charge in [0.1, 0.15) is 0 Å². The molecule has 0 saturated carbocycles. The van der Waals surface area contributed by atoms with Crippen molar-refractivity contribution in [1.29, 1.82) is 0 Å². The zero-order valence-corrected chi connectivity index (χ0v) is 16.7. The third-order valence-electron chi connectivity index (χ3n) is 4.09. The number of amides is 2. The van der Waals surface area contributed by atoms with E-state index in [4.69, 9.17) is 16.3 Å². The average molecular weight is 403 g/mol. The quantitative estimate of drug-likeness (QED) is 0.685. The van der Waals surface area contributed by atoms with Crippen molar-refractivity contribution >= 4 is 35.1 Å². The Morgan fingerprint density at radius 3 is 2.14 bits per heavy atom. The smallest absolute Gasteiger partial charge is 0.310 e. The normalized spacial score (nSPS) is 10.2. The van der Waals surface area contributed by atoms with Gasteiger partial charge in [-0.05, 0) is 55.8 Å². The van der Waals surface area contributed by atoms with E-state index in [2.05, 4.69) is 5.32 Å². The third-order valence-corrected chi connectivity index (χ3v) is 4.34. The van der Waals surface area contributed by atoms with Gasteiger partial charge in [-0.15, -0.1) is 0 Å². The van der Waals surface area contributed by atoms with Crippen LogP contribution in [0.4, 0.5) is 5.69 Å². The zero-order valence-electron chi connectivity index (χ0n) is 15.9. The number of esters is 1. The summed E-state index contributed by atoms with van der Waals surface area (Å²) < 4.78 is 4.99. The number of carbonyl (C=O) groups excluding carboxylic acids is 3. The maximum Gasteiger partial charge on any atom is 0.310 e. The Bertz CT molecular complexity index is 815. The highest BCUT2D eigenvalue weighted by Crippen LogP contribution is 2.12. The van der Waals surface area contributed by atoms with Crippen LogP contribution in [-0.4, -0.2) is 42.4 Å². The average Bonchev–Trinajstić information content (AvgIpc) is 2.69. The second kappa shape index (κ2) is 10.5. The molecule has 0 atom stereocenters. The molecule has 0 heterocycles. The predicted molar refractivity (Wildman–Crippen MR) is 108 cm³/mol. The summed E-state index contributed by atoms with van der Waals surface area (Å²) >= 11 is 5.80. The van der Waals surface area contributed by atoms with Crippen LogP contribution in [-0.2, 0) is 20.7 Å². The van der Waals surface area contributed by atoms with E-state index < -0.39 is 11.9 Å². The molecular weight excluding hydrogens is 380 g/mol. The molecule has 0 spiro atoms. The molecule has 6 nitrogen and oxygen atoms in total. The molecule has 2 aromatic rings. The molecule has 0 aliphatic carbocycles. The second-order valence-electron chi connectivity index (χ2n) is 6.07. The summed E-state index contributed by atoms with van der Waals surface area (Å²) in [6.45, 7) is 4.73. The predicted octanol–water partition coefficient (Wildman–Crippen LogP) is 3.55. The fourth-order valence-electron chi connectivity index (χ4n) is 2.55. The molecule has 0 fully saturated rings. The van der Waals surface area contributed by atoms with E-state index in [9.17, 15) is 14.4 Å². The van der Waals surface area contributed by atoms with Crippen molar-refractivity contribution in [2.75, 3.05) is 25.0 Å². The van der Waals surface area contributed by atoms with Crippen molar-refractivity contribution in [2.24, 2.45) is 0 Å². The molecule has 1 N–H and O–H groups in total. The van der Waals surface area contributed by atoms with Crippen molar-refractivity contribution in [2.45, 2.75) is 20.3 Å². The summed E-state index contributed by atoms with van der Waals surface area (Å²) in [5.74, 6) is -1.01. The number of hydrogen-bond donors (Lipinski definition) is 1. The Balaban J connectivity index is 1.81. The number of benzene rings is 2. The minimum Gasteiger partial charge on any atom is -0.455 e. The highest BCUT2D eigenvalue weighted by Gasteiger charge is 2.13. The van der Waals surface area contributed by atoms with Crippen LogP contribution >= 0.6 is 11.6 Å². The van der Waals surface area contributed by atoms with Gasteiger partial charge < -0.3 is 15.0 Å². The molecule has 2 amide bonds. The van der Waals surface area contributed by atoms with E-state index in [1.165, 1.54) is 0 Å². The van der Waals surface area contributed by atoms with E-state index in [0.717, 1.165) is 5.56 Å². The summed E-state index contributed by atoms with van der Waals surface area (Å²) in [5, 5.41) is 3.22. The number of hydrogen-bond acceptors (Lipinski definition) is 4. The molecule has 28 heavy (non-hydrogen) atoms. The molecule has 0 saturated heterocycles. The van der Waals surface area contributed by atoms with Gasteiger partial charge in [-0.3, -0.25) is 14.4 Å². The van der Waals surface area contributed by atoms with Crippen LogP contribution in [0.3, 0.4) is 0 Å². The van der Waals surface area contributed by atoms with Crippen LogP contribution in [0.25, 0.3) is 0 Å². The number of halogens is 1. The van der Waals surface area contributed by atoms with Crippen LogP contribution in [0, 0.1) is 0 Å². The first-order chi connectivity index (χ1) is 13.4. The number of ether oxygens (including phenoxy) is 1. The van der Waals surface area contributed by atoms with Crippen molar-refractivity contribution in [3.63, 3.8) is 0 Å². The SMILES string of the molecule is CCN(CC)C(=O)c1ccc(NC(=O)COC(=O)Cc2ccc(Cl)cc2)cc1. The number of nitrogens with one attached hydrogen (secondary N) is 1. The summed E-state index contributed by atoms with van der Waals surface area (Å²) in [6.07, 6.45) is 0.0621. The number of carbonyl (C=O) groups is 3. The summed E-state index contributed by atoms with van der Waals surface area (Å²) in [5.41, 5.74) is 1.83. The fourth-order valence-corrected chi connectivity index (χ4v) is 2.68. The molecule has 0 aliphatic heterocycles. The lowest BCUT2D eigenvalue weighted by Crippen LogP contribution is -2.30. The van der Waals surface area contributed by atoms with E-state index in [1.807, 2.05) is 13.8 Å². The van der Waals surface area contributed by atoms with Gasteiger partial charge in [0.25, 0.3) is 11.8 Å². The van der Waals surface area contributed by atoms with Crippen molar-refractivity contribution in [3.8, 4) is 0 Å². The second-order valence-corrected chi connectivity index (χ2v) is 6.50. The Morgan fingerprint density at radius 2 is 1.57 bits per heavy atom. The van der Waals surface area contributed by atoms with Gasteiger partial charge in [-0.1, -0.05) is 23.7 Å². The lowest BCUT2D eigenvalue weighted by molar-refractivity contribution is -0.146. The monoisotopic (exact) mass is 402 g/mol. The maximum absolute atomic E-state index is 12.3. The molecule has 2 aromatic carbocycles. The van der Waals surface area contributed by atoms with Gasteiger partial charge in [0, 0.05) is 29.4 Å². The number of nitrogens with zero attached hydrogens (tertiary/aromatic N) is 1. The maximum atomic E-state index is 12.3. The van der Waals surface area contributed by atoms with E-state index in [-0.39, 0.29) is 18.9 Å². The summed E-state index contributed by atoms with van der Waals surface area (Å²) in [7, 11) is 0. The zero-order chi connectivity index (χ0) is 20.5. The fraction of sp³-hybridized carbons (Fsp3) is 0.286. The molecule has 2 rings (SSSR count). The van der Waals surface area contributed by atoms with Crippen LogP contribution in [0.15, 0.2) is 48.5 Å². The molecular formula is C21H23ClN2O4.